The number of hydrogen-bond acceptors (Lipinski definition) is 8. The fourth-order valence-corrected chi connectivity index (χ4v) is 3.39. The summed E-state index contributed by atoms with van der Waals surface area (Å²) in [6, 6.07) is 10.9. The lowest BCUT2D eigenvalue weighted by molar-refractivity contribution is -0.154. The van der Waals surface area contributed by atoms with Crippen LogP contribution in [0.15, 0.2) is 62.3 Å². The molecule has 8 nitrogen and oxygen atoms in total. The van der Waals surface area contributed by atoms with E-state index in [2.05, 4.69) is 5.16 Å². The first-order chi connectivity index (χ1) is 17.2. The van der Waals surface area contributed by atoms with Crippen molar-refractivity contribution in [2.45, 2.75) is 25.9 Å². The van der Waals surface area contributed by atoms with E-state index in [1.165, 1.54) is 36.4 Å². The van der Waals surface area contributed by atoms with E-state index < -0.39 is 34.7 Å². The summed E-state index contributed by atoms with van der Waals surface area (Å²) in [6.07, 6.45) is -5.04. The lowest BCUT2D eigenvalue weighted by atomic mass is 10.2. The average molecular weight is 524 g/mol. The monoisotopic (exact) mass is 523 g/mol. The minimum Gasteiger partial charge on any atom is -0.490 e. The van der Waals surface area contributed by atoms with Crippen LogP contribution in [0.1, 0.15) is 24.9 Å². The third-order valence-corrected chi connectivity index (χ3v) is 4.96. The van der Waals surface area contributed by atoms with Gasteiger partial charge in [-0.25, -0.2) is 0 Å². The lowest BCUT2D eigenvalue weighted by Crippen LogP contribution is -2.16. The molecular weight excluding hydrogens is 507 g/mol. The Morgan fingerprint density at radius 3 is 2.53 bits per heavy atom. The SMILES string of the molecule is CCOc1ccccc1Oc1c(C(F)(F)F)oc2cc(OC(=O)CCc3cc(Cl)no3)ccc2c1=O. The molecule has 0 fully saturated rings. The molecule has 188 valence electrons. The maximum Gasteiger partial charge on any atom is 0.453 e. The van der Waals surface area contributed by atoms with Gasteiger partial charge in [0.2, 0.25) is 11.2 Å². The summed E-state index contributed by atoms with van der Waals surface area (Å²) in [5.41, 5.74) is -1.50. The van der Waals surface area contributed by atoms with Crippen molar-refractivity contribution < 1.29 is 41.1 Å². The van der Waals surface area contributed by atoms with Crippen molar-refractivity contribution in [3.8, 4) is 23.0 Å². The number of alkyl halides is 3. The second kappa shape index (κ2) is 10.3. The maximum absolute atomic E-state index is 13.8. The van der Waals surface area contributed by atoms with Gasteiger partial charge in [-0.05, 0) is 31.2 Å². The van der Waals surface area contributed by atoms with Crippen molar-refractivity contribution in [3.05, 3.63) is 75.4 Å². The van der Waals surface area contributed by atoms with E-state index >= 15 is 0 Å². The molecule has 0 aliphatic heterocycles. The Balaban J connectivity index is 1.65. The fourth-order valence-electron chi connectivity index (χ4n) is 3.23. The minimum absolute atomic E-state index is 0.0879. The fraction of sp³-hybridized carbons (Fsp3) is 0.208. The predicted molar refractivity (Wildman–Crippen MR) is 121 cm³/mol. The number of carbonyl (C=O) groups is 1. The van der Waals surface area contributed by atoms with E-state index in [1.807, 2.05) is 0 Å². The number of halogens is 4. The number of esters is 1. The molecule has 0 bridgehead atoms. The molecule has 0 saturated heterocycles. The summed E-state index contributed by atoms with van der Waals surface area (Å²) < 4.78 is 67.3. The number of ether oxygens (including phenoxy) is 3. The van der Waals surface area contributed by atoms with Crippen LogP contribution in [0.5, 0.6) is 23.0 Å². The van der Waals surface area contributed by atoms with Gasteiger partial charge < -0.3 is 23.2 Å². The van der Waals surface area contributed by atoms with Crippen molar-refractivity contribution in [2.75, 3.05) is 6.61 Å². The van der Waals surface area contributed by atoms with Crippen LogP contribution < -0.4 is 19.6 Å². The molecule has 0 amide bonds. The van der Waals surface area contributed by atoms with Gasteiger partial charge in [0.25, 0.3) is 5.76 Å². The van der Waals surface area contributed by atoms with Gasteiger partial charge in [0.05, 0.1) is 18.4 Å². The van der Waals surface area contributed by atoms with E-state index in [-0.39, 0.29) is 47.2 Å². The molecule has 4 rings (SSSR count). The number of hydrogen-bond donors (Lipinski definition) is 0. The molecule has 0 atom stereocenters. The van der Waals surface area contributed by atoms with E-state index in [1.54, 1.807) is 13.0 Å². The summed E-state index contributed by atoms with van der Waals surface area (Å²) >= 11 is 5.64. The first kappa shape index (κ1) is 25.1. The Labute approximate surface area is 206 Å². The molecule has 2 aromatic heterocycles. The third kappa shape index (κ3) is 5.62. The van der Waals surface area contributed by atoms with Gasteiger partial charge in [-0.15, -0.1) is 0 Å². The molecule has 0 saturated carbocycles. The van der Waals surface area contributed by atoms with E-state index in [9.17, 15) is 22.8 Å². The number of aromatic nitrogens is 1. The molecule has 36 heavy (non-hydrogen) atoms. The highest BCUT2D eigenvalue weighted by Crippen LogP contribution is 2.40. The van der Waals surface area contributed by atoms with Crippen molar-refractivity contribution in [3.63, 3.8) is 0 Å². The van der Waals surface area contributed by atoms with Crippen LogP contribution >= 0.6 is 11.6 Å². The molecule has 2 heterocycles. The standard InChI is InChI=1S/C24H17ClF3NO7/c1-2-32-16-5-3-4-6-17(16)34-22-21(31)15-9-7-13(11-18(15)35-23(22)24(26,27)28)33-20(30)10-8-14-12-19(25)29-36-14/h3-7,9,11-12H,2,8,10H2,1H3. The molecule has 12 heteroatoms. The number of aryl methyl sites for hydroxylation is 1. The normalized spacial score (nSPS) is 11.5. The highest BCUT2D eigenvalue weighted by Gasteiger charge is 2.40. The number of nitrogens with zero attached hydrogens (tertiary/aromatic N) is 1. The summed E-state index contributed by atoms with van der Waals surface area (Å²) in [5.74, 6) is -3.08. The quantitative estimate of drug-likeness (QED) is 0.199. The van der Waals surface area contributed by atoms with E-state index in [0.29, 0.717) is 5.76 Å². The third-order valence-electron chi connectivity index (χ3n) is 4.78. The Kier molecular flexibility index (Phi) is 7.20. The summed E-state index contributed by atoms with van der Waals surface area (Å²) in [5, 5.41) is 3.41. The number of carbonyl (C=O) groups excluding carboxylic acids is 1. The Morgan fingerprint density at radius 1 is 1.11 bits per heavy atom. The molecule has 4 aromatic rings. The summed E-state index contributed by atoms with van der Waals surface area (Å²) in [7, 11) is 0. The van der Waals surface area contributed by atoms with Crippen LogP contribution in [-0.2, 0) is 17.4 Å². The van der Waals surface area contributed by atoms with Crippen LogP contribution in [-0.4, -0.2) is 17.7 Å². The molecule has 2 aromatic carbocycles. The topological polar surface area (TPSA) is 101 Å². The van der Waals surface area contributed by atoms with Crippen molar-refractivity contribution in [1.29, 1.82) is 0 Å². The van der Waals surface area contributed by atoms with Gasteiger partial charge in [-0.1, -0.05) is 28.9 Å². The molecule has 0 N–H and O–H groups in total. The largest absolute Gasteiger partial charge is 0.490 e. The minimum atomic E-state index is -5.06. The van der Waals surface area contributed by atoms with Gasteiger partial charge in [-0.3, -0.25) is 9.59 Å². The number of para-hydroxylation sites is 2. The Hall–Kier alpha value is -3.99. The smallest absolute Gasteiger partial charge is 0.453 e. The molecular formula is C24H17ClF3NO7. The summed E-state index contributed by atoms with van der Waals surface area (Å²) in [6.45, 7) is 1.92. The molecule has 0 unspecified atom stereocenters. The van der Waals surface area contributed by atoms with Crippen LogP contribution in [0.25, 0.3) is 11.0 Å². The van der Waals surface area contributed by atoms with Gasteiger partial charge in [-0.2, -0.15) is 13.2 Å². The zero-order valence-electron chi connectivity index (χ0n) is 18.6. The van der Waals surface area contributed by atoms with Gasteiger partial charge >= 0.3 is 12.1 Å². The van der Waals surface area contributed by atoms with Crippen LogP contribution in [0, 0.1) is 0 Å². The Morgan fingerprint density at radius 2 is 1.86 bits per heavy atom. The van der Waals surface area contributed by atoms with Gasteiger partial charge in [0.15, 0.2) is 16.7 Å². The van der Waals surface area contributed by atoms with Crippen molar-refractivity contribution in [1.82, 2.24) is 5.16 Å². The molecule has 0 spiro atoms. The second-order valence-corrected chi connectivity index (χ2v) is 7.70. The van der Waals surface area contributed by atoms with Crippen LogP contribution in [0.4, 0.5) is 13.2 Å². The zero-order valence-corrected chi connectivity index (χ0v) is 19.3. The number of fused-ring (bicyclic) bond motifs is 1. The zero-order chi connectivity index (χ0) is 25.9. The van der Waals surface area contributed by atoms with Crippen LogP contribution in [0.3, 0.4) is 0 Å². The average Bonchev–Trinajstić information content (AvgIpc) is 3.25. The summed E-state index contributed by atoms with van der Waals surface area (Å²) in [4.78, 5) is 25.1. The lowest BCUT2D eigenvalue weighted by Gasteiger charge is -2.15. The van der Waals surface area contributed by atoms with Crippen molar-refractivity contribution in [2.24, 2.45) is 0 Å². The molecule has 0 radical (unpaired) electrons. The van der Waals surface area contributed by atoms with E-state index in [0.717, 1.165) is 6.07 Å². The molecule has 0 aliphatic rings. The number of benzene rings is 2. The second-order valence-electron chi connectivity index (χ2n) is 7.32. The first-order valence-electron chi connectivity index (χ1n) is 10.5. The van der Waals surface area contributed by atoms with E-state index in [4.69, 9.17) is 34.8 Å². The van der Waals surface area contributed by atoms with Crippen molar-refractivity contribution >= 4 is 28.5 Å². The van der Waals surface area contributed by atoms with Gasteiger partial charge in [0, 0.05) is 18.6 Å². The first-order valence-corrected chi connectivity index (χ1v) is 10.9. The number of rotatable bonds is 8. The maximum atomic E-state index is 13.8. The highest BCUT2D eigenvalue weighted by atomic mass is 35.5. The highest BCUT2D eigenvalue weighted by molar-refractivity contribution is 6.29. The molecule has 0 aliphatic carbocycles. The van der Waals surface area contributed by atoms with Crippen LogP contribution in [0.2, 0.25) is 5.15 Å². The van der Waals surface area contributed by atoms with Gasteiger partial charge in [0.1, 0.15) is 17.1 Å². The Bertz CT molecular complexity index is 1460. The predicted octanol–water partition coefficient (Wildman–Crippen LogP) is 6.18.